The number of ketones is 2. The van der Waals surface area contributed by atoms with Crippen molar-refractivity contribution in [2.45, 2.75) is 129 Å². The number of ether oxygens (including phenoxy) is 2. The van der Waals surface area contributed by atoms with Gasteiger partial charge in [0.1, 0.15) is 17.7 Å². The Kier molecular flexibility index (Phi) is 14.7. The van der Waals surface area contributed by atoms with Crippen molar-refractivity contribution in [1.29, 1.82) is 0 Å². The van der Waals surface area contributed by atoms with Gasteiger partial charge in [0.25, 0.3) is 0 Å². The highest BCUT2D eigenvalue weighted by atomic mass is 16.6. The average molecular weight is 571 g/mol. The van der Waals surface area contributed by atoms with E-state index in [0.717, 1.165) is 30.4 Å². The Balaban J connectivity index is 2.21. The number of aliphatic hydroxyl groups excluding tert-OH is 2. The molecule has 0 aliphatic carbocycles. The number of carbonyl (C=O) groups excluding carboxylic acids is 3. The van der Waals surface area contributed by atoms with Crippen LogP contribution in [0.4, 0.5) is 0 Å². The molecule has 0 amide bonds. The number of carbonyl (C=O) groups is 3. The molecule has 2 unspecified atom stereocenters. The number of hydrogen-bond acceptors (Lipinski definition) is 7. The first-order valence-electron chi connectivity index (χ1n) is 15.0. The highest BCUT2D eigenvalue weighted by Crippen LogP contribution is 2.28. The molecule has 2 bridgehead atoms. The standard InChI is InChI=1S/C34H50O7/c1-7-8-12-24(4)34(39)25(5)14-10-15-31-32-17-16-28(40-32)20-27(35)19-26(6)30(37)21-29(36)23(3)13-9-11-22(2)18-33(38)41-31/h10,13-15,26,28-29,31-32,34,36,39H,2,4,7-9,11-12,16-21H2,1,3,5-6H3/b15-10+,23-13+,25-14+/t26?,28-,29+,31?,32-,34+/m1/s1. The zero-order valence-corrected chi connectivity index (χ0v) is 25.4. The Morgan fingerprint density at radius 1 is 1.20 bits per heavy atom. The number of esters is 1. The normalized spacial score (nSPS) is 30.2. The van der Waals surface area contributed by atoms with Crippen molar-refractivity contribution < 1.29 is 34.1 Å². The molecule has 2 aliphatic heterocycles. The van der Waals surface area contributed by atoms with Crippen molar-refractivity contribution in [3.63, 3.8) is 0 Å². The number of allylic oxidation sites excluding steroid dienone is 3. The molecule has 41 heavy (non-hydrogen) atoms. The van der Waals surface area contributed by atoms with E-state index in [2.05, 4.69) is 20.1 Å². The highest BCUT2D eigenvalue weighted by molar-refractivity contribution is 5.88. The Hall–Kier alpha value is -2.61. The second kappa shape index (κ2) is 17.4. The van der Waals surface area contributed by atoms with Crippen LogP contribution in [0.2, 0.25) is 0 Å². The van der Waals surface area contributed by atoms with Crippen LogP contribution in [0.1, 0.15) is 98.3 Å². The Morgan fingerprint density at radius 2 is 1.93 bits per heavy atom. The van der Waals surface area contributed by atoms with Crippen LogP contribution in [0.5, 0.6) is 0 Å². The summed E-state index contributed by atoms with van der Waals surface area (Å²) >= 11 is 0. The van der Waals surface area contributed by atoms with Gasteiger partial charge >= 0.3 is 5.97 Å². The molecule has 6 atom stereocenters. The lowest BCUT2D eigenvalue weighted by atomic mass is 9.92. The summed E-state index contributed by atoms with van der Waals surface area (Å²) in [6.07, 6.45) is 9.57. The Morgan fingerprint density at radius 3 is 2.63 bits per heavy atom. The predicted octanol–water partition coefficient (Wildman–Crippen LogP) is 6.05. The molecule has 2 heterocycles. The van der Waals surface area contributed by atoms with Crippen molar-refractivity contribution in [1.82, 2.24) is 0 Å². The second-order valence-corrected chi connectivity index (χ2v) is 11.7. The number of rotatable bonds is 7. The molecule has 1 fully saturated rings. The van der Waals surface area contributed by atoms with E-state index < -0.39 is 36.3 Å². The minimum atomic E-state index is -0.903. The number of Topliss-reactive ketones (excluding diaryl/α,β-unsaturated/α-hetero) is 2. The first-order chi connectivity index (χ1) is 19.4. The van der Waals surface area contributed by atoms with Crippen LogP contribution < -0.4 is 0 Å². The summed E-state index contributed by atoms with van der Waals surface area (Å²) in [5.41, 5.74) is 2.90. The van der Waals surface area contributed by atoms with Crippen LogP contribution in [-0.2, 0) is 23.9 Å². The van der Waals surface area contributed by atoms with E-state index in [0.29, 0.717) is 36.8 Å². The molecule has 7 heteroatoms. The Labute approximate surface area is 246 Å². The largest absolute Gasteiger partial charge is 0.455 e. The average Bonchev–Trinajstić information content (AvgIpc) is 3.37. The van der Waals surface area contributed by atoms with Crippen molar-refractivity contribution in [2.24, 2.45) is 5.92 Å². The third-order valence-corrected chi connectivity index (χ3v) is 7.92. The van der Waals surface area contributed by atoms with E-state index in [1.165, 1.54) is 0 Å². The number of cyclic esters (lactones) is 1. The van der Waals surface area contributed by atoms with Gasteiger partial charge < -0.3 is 19.7 Å². The minimum absolute atomic E-state index is 0.0299. The molecule has 228 valence electrons. The molecule has 2 N–H and O–H groups in total. The number of fused-ring (bicyclic) bond motifs is 2. The third-order valence-electron chi connectivity index (χ3n) is 7.92. The highest BCUT2D eigenvalue weighted by Gasteiger charge is 2.34. The smallest absolute Gasteiger partial charge is 0.310 e. The van der Waals surface area contributed by atoms with Gasteiger partial charge in [-0.3, -0.25) is 14.4 Å². The quantitative estimate of drug-likeness (QED) is 0.218. The van der Waals surface area contributed by atoms with E-state index in [4.69, 9.17) is 9.47 Å². The lowest BCUT2D eigenvalue weighted by molar-refractivity contribution is -0.152. The maximum Gasteiger partial charge on any atom is 0.310 e. The van der Waals surface area contributed by atoms with Gasteiger partial charge in [-0.05, 0) is 75.2 Å². The number of aliphatic hydroxyl groups is 2. The van der Waals surface area contributed by atoms with Gasteiger partial charge in [0.15, 0.2) is 0 Å². The van der Waals surface area contributed by atoms with Crippen LogP contribution >= 0.6 is 0 Å². The van der Waals surface area contributed by atoms with Crippen molar-refractivity contribution in [3.05, 3.63) is 59.8 Å². The van der Waals surface area contributed by atoms with Gasteiger partial charge in [-0.25, -0.2) is 0 Å². The summed E-state index contributed by atoms with van der Waals surface area (Å²) < 4.78 is 12.0. The van der Waals surface area contributed by atoms with Gasteiger partial charge in [-0.15, -0.1) is 0 Å². The molecule has 2 rings (SSSR count). The minimum Gasteiger partial charge on any atom is -0.455 e. The molecule has 0 aromatic rings. The molecular formula is C34H50O7. The fourth-order valence-electron chi connectivity index (χ4n) is 5.11. The topological polar surface area (TPSA) is 110 Å². The van der Waals surface area contributed by atoms with Crippen LogP contribution in [0.3, 0.4) is 0 Å². The van der Waals surface area contributed by atoms with Crippen molar-refractivity contribution in [3.8, 4) is 0 Å². The van der Waals surface area contributed by atoms with Gasteiger partial charge in [0, 0.05) is 25.2 Å². The summed E-state index contributed by atoms with van der Waals surface area (Å²) in [7, 11) is 0. The van der Waals surface area contributed by atoms with Crippen molar-refractivity contribution >= 4 is 17.5 Å². The first kappa shape index (κ1) is 34.6. The lowest BCUT2D eigenvalue weighted by Crippen LogP contribution is -2.30. The molecule has 0 aromatic heterocycles. The molecule has 2 aliphatic rings. The fourth-order valence-corrected chi connectivity index (χ4v) is 5.11. The predicted molar refractivity (Wildman–Crippen MR) is 161 cm³/mol. The zero-order valence-electron chi connectivity index (χ0n) is 25.4. The molecule has 1 saturated heterocycles. The Bertz CT molecular complexity index is 1030. The van der Waals surface area contributed by atoms with E-state index in [9.17, 15) is 24.6 Å². The monoisotopic (exact) mass is 570 g/mol. The molecular weight excluding hydrogens is 520 g/mol. The third kappa shape index (κ3) is 12.0. The first-order valence-corrected chi connectivity index (χ1v) is 15.0. The van der Waals surface area contributed by atoms with Gasteiger partial charge in [0.05, 0.1) is 30.8 Å². The maximum absolute atomic E-state index is 12.9. The van der Waals surface area contributed by atoms with Crippen LogP contribution in [0, 0.1) is 5.92 Å². The second-order valence-electron chi connectivity index (χ2n) is 11.7. The van der Waals surface area contributed by atoms with Crippen LogP contribution in [0.25, 0.3) is 0 Å². The summed E-state index contributed by atoms with van der Waals surface area (Å²) in [6.45, 7) is 15.5. The maximum atomic E-state index is 12.9. The molecule has 0 aromatic carbocycles. The van der Waals surface area contributed by atoms with E-state index in [1.807, 2.05) is 13.0 Å². The van der Waals surface area contributed by atoms with Crippen LogP contribution in [0.15, 0.2) is 59.8 Å². The van der Waals surface area contributed by atoms with Gasteiger partial charge in [-0.1, -0.05) is 57.2 Å². The number of hydrogen-bond donors (Lipinski definition) is 2. The summed E-state index contributed by atoms with van der Waals surface area (Å²) in [5.74, 6) is -1.10. The summed E-state index contributed by atoms with van der Waals surface area (Å²) in [4.78, 5) is 38.3. The summed E-state index contributed by atoms with van der Waals surface area (Å²) in [6, 6.07) is 0. The van der Waals surface area contributed by atoms with Crippen molar-refractivity contribution in [2.75, 3.05) is 0 Å². The summed E-state index contributed by atoms with van der Waals surface area (Å²) in [5, 5.41) is 21.0. The van der Waals surface area contributed by atoms with Gasteiger partial charge in [0.2, 0.25) is 0 Å². The lowest BCUT2D eigenvalue weighted by Gasteiger charge is -2.22. The van der Waals surface area contributed by atoms with E-state index >= 15 is 0 Å². The van der Waals surface area contributed by atoms with Crippen LogP contribution in [-0.4, -0.2) is 58.3 Å². The fraction of sp³-hybridized carbons (Fsp3) is 0.618. The van der Waals surface area contributed by atoms with E-state index in [1.54, 1.807) is 32.1 Å². The molecule has 7 nitrogen and oxygen atoms in total. The SMILES string of the molecule is C=C1CC/C=C(\C)[C@@H](O)CC(=O)C(C)CC(=O)C[C@H]2CC[C@@H](O2)C(/C=C/C=C(\C)[C@@H](O)C(=C)CCCC)OC(=O)C1. The molecule has 0 saturated carbocycles. The number of unbranched alkanes of at least 4 members (excludes halogenated alkanes) is 1. The zero-order chi connectivity index (χ0) is 30.5. The van der Waals surface area contributed by atoms with E-state index in [-0.39, 0.29) is 43.4 Å². The molecule has 0 radical (unpaired) electrons. The molecule has 0 spiro atoms. The van der Waals surface area contributed by atoms with Gasteiger partial charge in [-0.2, -0.15) is 0 Å².